The van der Waals surface area contributed by atoms with Gasteiger partial charge in [-0.15, -0.1) is 0 Å². The molecule has 0 bridgehead atoms. The van der Waals surface area contributed by atoms with E-state index in [0.717, 1.165) is 6.54 Å². The molecule has 1 heteroatoms. The van der Waals surface area contributed by atoms with E-state index in [2.05, 4.69) is 45.2 Å². The molecule has 0 N–H and O–H groups in total. The molecule has 0 aliphatic rings. The van der Waals surface area contributed by atoms with E-state index in [9.17, 15) is 0 Å². The summed E-state index contributed by atoms with van der Waals surface area (Å²) < 4.78 is 0. The predicted octanol–water partition coefficient (Wildman–Crippen LogP) is 3.59. The van der Waals surface area contributed by atoms with Crippen molar-refractivity contribution in [1.29, 1.82) is 0 Å². The second-order valence-electron chi connectivity index (χ2n) is 3.37. The summed E-state index contributed by atoms with van der Waals surface area (Å²) in [4.78, 5) is 2.42. The summed E-state index contributed by atoms with van der Waals surface area (Å²) in [7, 11) is 0. The van der Waals surface area contributed by atoms with Crippen molar-refractivity contribution in [2.75, 3.05) is 6.54 Å². The maximum absolute atomic E-state index is 3.84. The summed E-state index contributed by atoms with van der Waals surface area (Å²) in [5.74, 6) is 0. The van der Waals surface area contributed by atoms with E-state index < -0.39 is 0 Å². The molecule has 0 aliphatic carbocycles. The minimum Gasteiger partial charge on any atom is -0.369 e. The van der Waals surface area contributed by atoms with E-state index >= 15 is 0 Å². The standard InChI is InChI=1S/C12H23N/c1-6-10-13(11(5)7-2)12(8-3)9-4/h8-9,11H,3,6-7,10H2,1-2,4-5H3/b12-9-. The van der Waals surface area contributed by atoms with E-state index in [-0.39, 0.29) is 0 Å². The number of rotatable bonds is 6. The van der Waals surface area contributed by atoms with Gasteiger partial charge in [0.05, 0.1) is 0 Å². The first-order chi connectivity index (χ1) is 6.21. The zero-order valence-corrected chi connectivity index (χ0v) is 9.51. The first-order valence-corrected chi connectivity index (χ1v) is 5.26. The van der Waals surface area contributed by atoms with Gasteiger partial charge >= 0.3 is 0 Å². The highest BCUT2D eigenvalue weighted by Crippen LogP contribution is 2.13. The van der Waals surface area contributed by atoms with E-state index in [1.165, 1.54) is 18.5 Å². The average molecular weight is 181 g/mol. The van der Waals surface area contributed by atoms with Crippen LogP contribution < -0.4 is 0 Å². The average Bonchev–Trinajstić information content (AvgIpc) is 2.17. The van der Waals surface area contributed by atoms with Crippen molar-refractivity contribution in [3.63, 3.8) is 0 Å². The fourth-order valence-electron chi connectivity index (χ4n) is 1.47. The van der Waals surface area contributed by atoms with Crippen LogP contribution in [0.1, 0.15) is 40.5 Å². The highest BCUT2D eigenvalue weighted by atomic mass is 15.2. The van der Waals surface area contributed by atoms with Crippen molar-refractivity contribution in [2.24, 2.45) is 0 Å². The maximum Gasteiger partial charge on any atom is 0.0319 e. The number of allylic oxidation sites excluding steroid dienone is 2. The lowest BCUT2D eigenvalue weighted by Crippen LogP contribution is -2.31. The Morgan fingerprint density at radius 1 is 1.46 bits per heavy atom. The lowest BCUT2D eigenvalue weighted by atomic mass is 10.2. The molecule has 1 atom stereocenters. The SMILES string of the molecule is C=C/C(=C/C)N(CCC)C(C)CC. The molecule has 1 nitrogen and oxygen atoms in total. The molecule has 0 spiro atoms. The van der Waals surface area contributed by atoms with E-state index in [1.54, 1.807) is 0 Å². The number of hydrogen-bond donors (Lipinski definition) is 0. The van der Waals surface area contributed by atoms with Gasteiger partial charge in [0.15, 0.2) is 0 Å². The van der Waals surface area contributed by atoms with Gasteiger partial charge in [-0.05, 0) is 32.8 Å². The van der Waals surface area contributed by atoms with Crippen molar-refractivity contribution in [2.45, 2.75) is 46.6 Å². The summed E-state index contributed by atoms with van der Waals surface area (Å²) in [5, 5.41) is 0. The van der Waals surface area contributed by atoms with Gasteiger partial charge in [-0.2, -0.15) is 0 Å². The Morgan fingerprint density at radius 3 is 2.38 bits per heavy atom. The van der Waals surface area contributed by atoms with Crippen LogP contribution in [0.2, 0.25) is 0 Å². The quantitative estimate of drug-likeness (QED) is 0.566. The second kappa shape index (κ2) is 6.76. The van der Waals surface area contributed by atoms with Crippen LogP contribution in [0, 0.1) is 0 Å². The molecule has 0 radical (unpaired) electrons. The van der Waals surface area contributed by atoms with E-state index in [0.29, 0.717) is 6.04 Å². The molecule has 0 saturated heterocycles. The van der Waals surface area contributed by atoms with Crippen LogP contribution in [0.5, 0.6) is 0 Å². The summed E-state index contributed by atoms with van der Waals surface area (Å²) in [6.45, 7) is 13.7. The van der Waals surface area contributed by atoms with Gasteiger partial charge in [0.25, 0.3) is 0 Å². The van der Waals surface area contributed by atoms with Crippen LogP contribution >= 0.6 is 0 Å². The van der Waals surface area contributed by atoms with Crippen molar-refractivity contribution in [1.82, 2.24) is 4.90 Å². The minimum absolute atomic E-state index is 0.615. The van der Waals surface area contributed by atoms with Crippen molar-refractivity contribution < 1.29 is 0 Å². The monoisotopic (exact) mass is 181 g/mol. The Balaban J connectivity index is 4.47. The van der Waals surface area contributed by atoms with E-state index in [1.807, 2.05) is 6.08 Å². The Labute approximate surface area is 83.1 Å². The van der Waals surface area contributed by atoms with Crippen LogP contribution in [0.4, 0.5) is 0 Å². The van der Waals surface area contributed by atoms with Crippen LogP contribution in [0.15, 0.2) is 24.4 Å². The third-order valence-corrected chi connectivity index (χ3v) is 2.42. The molecule has 0 aromatic heterocycles. The smallest absolute Gasteiger partial charge is 0.0319 e. The van der Waals surface area contributed by atoms with Crippen LogP contribution in [0.3, 0.4) is 0 Å². The summed E-state index contributed by atoms with van der Waals surface area (Å²) in [5.41, 5.74) is 1.26. The molecule has 0 aromatic rings. The molecule has 0 heterocycles. The molecular formula is C12H23N. The van der Waals surface area contributed by atoms with Crippen molar-refractivity contribution in [3.8, 4) is 0 Å². The molecule has 0 aromatic carbocycles. The lowest BCUT2D eigenvalue weighted by Gasteiger charge is -2.31. The van der Waals surface area contributed by atoms with Gasteiger partial charge in [-0.1, -0.05) is 26.5 Å². The second-order valence-corrected chi connectivity index (χ2v) is 3.37. The van der Waals surface area contributed by atoms with Crippen LogP contribution in [0.25, 0.3) is 0 Å². The third-order valence-electron chi connectivity index (χ3n) is 2.42. The Morgan fingerprint density at radius 2 is 2.08 bits per heavy atom. The van der Waals surface area contributed by atoms with Gasteiger partial charge in [-0.3, -0.25) is 0 Å². The molecule has 1 unspecified atom stereocenters. The molecular weight excluding hydrogens is 158 g/mol. The van der Waals surface area contributed by atoms with Gasteiger partial charge in [-0.25, -0.2) is 0 Å². The summed E-state index contributed by atoms with van der Waals surface area (Å²) in [6, 6.07) is 0.615. The number of hydrogen-bond acceptors (Lipinski definition) is 1. The predicted molar refractivity (Wildman–Crippen MR) is 60.7 cm³/mol. The Hall–Kier alpha value is -0.720. The lowest BCUT2D eigenvalue weighted by molar-refractivity contribution is 0.269. The Bertz CT molecular complexity index is 170. The van der Waals surface area contributed by atoms with Gasteiger partial charge in [0, 0.05) is 18.3 Å². The Kier molecular flexibility index (Phi) is 6.38. The first kappa shape index (κ1) is 12.3. The third kappa shape index (κ3) is 3.67. The minimum atomic E-state index is 0.615. The van der Waals surface area contributed by atoms with E-state index in [4.69, 9.17) is 0 Å². The van der Waals surface area contributed by atoms with Crippen LogP contribution in [-0.2, 0) is 0 Å². The molecule has 0 saturated carbocycles. The number of nitrogens with zero attached hydrogens (tertiary/aromatic N) is 1. The summed E-state index contributed by atoms with van der Waals surface area (Å²) >= 11 is 0. The first-order valence-electron chi connectivity index (χ1n) is 5.26. The maximum atomic E-state index is 3.84. The van der Waals surface area contributed by atoms with Gasteiger partial charge in [0.2, 0.25) is 0 Å². The summed E-state index contributed by atoms with van der Waals surface area (Å²) in [6.07, 6.45) is 6.46. The van der Waals surface area contributed by atoms with Gasteiger partial charge < -0.3 is 4.90 Å². The molecule has 0 amide bonds. The fraction of sp³-hybridized carbons (Fsp3) is 0.667. The molecule has 76 valence electrons. The zero-order valence-electron chi connectivity index (χ0n) is 9.51. The largest absolute Gasteiger partial charge is 0.369 e. The van der Waals surface area contributed by atoms with Crippen LogP contribution in [-0.4, -0.2) is 17.5 Å². The zero-order chi connectivity index (χ0) is 10.3. The normalized spacial score (nSPS) is 14.0. The van der Waals surface area contributed by atoms with Crippen molar-refractivity contribution >= 4 is 0 Å². The highest BCUT2D eigenvalue weighted by Gasteiger charge is 2.10. The molecule has 0 aliphatic heterocycles. The van der Waals surface area contributed by atoms with Crippen molar-refractivity contribution in [3.05, 3.63) is 24.4 Å². The topological polar surface area (TPSA) is 3.24 Å². The highest BCUT2D eigenvalue weighted by molar-refractivity contribution is 5.14. The molecule has 0 fully saturated rings. The fourth-order valence-corrected chi connectivity index (χ4v) is 1.47. The molecule has 0 rings (SSSR count). The molecule has 13 heavy (non-hydrogen) atoms. The van der Waals surface area contributed by atoms with Gasteiger partial charge in [0.1, 0.15) is 0 Å².